The number of rotatable bonds is 6. The molecule has 0 spiro atoms. The normalized spacial score (nSPS) is 16.7. The zero-order chi connectivity index (χ0) is 18.0. The molecule has 1 aliphatic rings. The van der Waals surface area contributed by atoms with E-state index in [0.29, 0.717) is 0 Å². The molecule has 0 bridgehead atoms. The lowest BCUT2D eigenvalue weighted by Crippen LogP contribution is -2.34. The first kappa shape index (κ1) is 17.6. The van der Waals surface area contributed by atoms with Gasteiger partial charge in [-0.3, -0.25) is 9.67 Å². The second-order valence-electron chi connectivity index (χ2n) is 6.88. The van der Waals surface area contributed by atoms with E-state index in [1.54, 1.807) is 0 Å². The lowest BCUT2D eigenvalue weighted by atomic mass is 9.91. The molecule has 6 nitrogen and oxygen atoms in total. The van der Waals surface area contributed by atoms with E-state index in [0.717, 1.165) is 61.4 Å². The maximum atomic E-state index is 11.5. The van der Waals surface area contributed by atoms with Gasteiger partial charge in [0.05, 0.1) is 0 Å². The average Bonchev–Trinajstić information content (AvgIpc) is 2.91. The fourth-order valence-corrected chi connectivity index (χ4v) is 3.72. The van der Waals surface area contributed by atoms with Crippen molar-refractivity contribution in [3.8, 4) is 0 Å². The number of nitrogens with zero attached hydrogens (tertiary/aromatic N) is 3. The first-order valence-corrected chi connectivity index (χ1v) is 8.97. The van der Waals surface area contributed by atoms with Gasteiger partial charge in [-0.05, 0) is 57.2 Å². The van der Waals surface area contributed by atoms with Crippen LogP contribution in [0.15, 0.2) is 12.1 Å². The molecule has 0 saturated heterocycles. The SMILES string of the molecule is CCCn1nc(C(=O)O)c2c1CCC(NCc1cc(C)nc(C)c1)C2. The predicted octanol–water partition coefficient (Wildman–Crippen LogP) is 2.65. The Morgan fingerprint density at radius 1 is 1.36 bits per heavy atom. The minimum Gasteiger partial charge on any atom is -0.476 e. The van der Waals surface area contributed by atoms with Crippen LogP contribution in [0.3, 0.4) is 0 Å². The molecule has 134 valence electrons. The molecule has 1 atom stereocenters. The lowest BCUT2D eigenvalue weighted by Gasteiger charge is -2.24. The first-order valence-electron chi connectivity index (χ1n) is 8.97. The summed E-state index contributed by atoms with van der Waals surface area (Å²) in [6.07, 6.45) is 3.56. The third-order valence-electron chi connectivity index (χ3n) is 4.72. The summed E-state index contributed by atoms with van der Waals surface area (Å²) >= 11 is 0. The van der Waals surface area contributed by atoms with E-state index in [1.807, 2.05) is 18.5 Å². The van der Waals surface area contributed by atoms with Crippen molar-refractivity contribution in [2.75, 3.05) is 0 Å². The molecule has 2 aromatic rings. The summed E-state index contributed by atoms with van der Waals surface area (Å²) in [6.45, 7) is 7.65. The summed E-state index contributed by atoms with van der Waals surface area (Å²) in [7, 11) is 0. The maximum absolute atomic E-state index is 11.5. The van der Waals surface area contributed by atoms with Gasteiger partial charge in [0.25, 0.3) is 0 Å². The Labute approximate surface area is 148 Å². The fraction of sp³-hybridized carbons (Fsp3) is 0.526. The molecule has 0 radical (unpaired) electrons. The van der Waals surface area contributed by atoms with E-state index in [-0.39, 0.29) is 11.7 Å². The Morgan fingerprint density at radius 3 is 2.72 bits per heavy atom. The van der Waals surface area contributed by atoms with Crippen LogP contribution >= 0.6 is 0 Å². The molecule has 6 heteroatoms. The van der Waals surface area contributed by atoms with Crippen LogP contribution in [0.25, 0.3) is 0 Å². The highest BCUT2D eigenvalue weighted by Crippen LogP contribution is 2.25. The Kier molecular flexibility index (Phi) is 5.18. The van der Waals surface area contributed by atoms with Crippen LogP contribution in [0, 0.1) is 13.8 Å². The predicted molar refractivity (Wildman–Crippen MR) is 95.8 cm³/mol. The molecule has 1 unspecified atom stereocenters. The molecule has 2 aromatic heterocycles. The number of fused-ring (bicyclic) bond motifs is 1. The Hall–Kier alpha value is -2.21. The highest BCUT2D eigenvalue weighted by molar-refractivity contribution is 5.87. The molecule has 25 heavy (non-hydrogen) atoms. The zero-order valence-electron chi connectivity index (χ0n) is 15.2. The number of carboxylic acid groups (broad SMARTS) is 1. The van der Waals surface area contributed by atoms with Crippen molar-refractivity contribution in [3.05, 3.63) is 46.0 Å². The Balaban J connectivity index is 1.73. The van der Waals surface area contributed by atoms with Crippen molar-refractivity contribution in [1.82, 2.24) is 20.1 Å². The van der Waals surface area contributed by atoms with E-state index >= 15 is 0 Å². The molecule has 0 fully saturated rings. The molecule has 2 heterocycles. The first-order chi connectivity index (χ1) is 12.0. The van der Waals surface area contributed by atoms with Crippen molar-refractivity contribution >= 4 is 5.97 Å². The molecule has 0 aromatic carbocycles. The zero-order valence-corrected chi connectivity index (χ0v) is 15.2. The monoisotopic (exact) mass is 342 g/mol. The number of carbonyl (C=O) groups is 1. The van der Waals surface area contributed by atoms with E-state index in [9.17, 15) is 9.90 Å². The number of pyridine rings is 1. The van der Waals surface area contributed by atoms with E-state index < -0.39 is 5.97 Å². The van der Waals surface area contributed by atoms with Crippen LogP contribution in [0.5, 0.6) is 0 Å². The van der Waals surface area contributed by atoms with Gasteiger partial charge in [0, 0.05) is 41.8 Å². The summed E-state index contributed by atoms with van der Waals surface area (Å²) in [5.41, 5.74) is 5.51. The largest absolute Gasteiger partial charge is 0.476 e. The number of hydrogen-bond acceptors (Lipinski definition) is 4. The second-order valence-corrected chi connectivity index (χ2v) is 6.88. The Bertz CT molecular complexity index is 762. The van der Waals surface area contributed by atoms with Gasteiger partial charge < -0.3 is 10.4 Å². The number of hydrogen-bond donors (Lipinski definition) is 2. The summed E-state index contributed by atoms with van der Waals surface area (Å²) in [4.78, 5) is 16.0. The molecule has 0 aliphatic heterocycles. The van der Waals surface area contributed by atoms with Crippen LogP contribution in [-0.2, 0) is 25.9 Å². The van der Waals surface area contributed by atoms with Crippen molar-refractivity contribution in [2.24, 2.45) is 0 Å². The topological polar surface area (TPSA) is 80.0 Å². The number of aromatic nitrogens is 3. The van der Waals surface area contributed by atoms with E-state index in [4.69, 9.17) is 0 Å². The van der Waals surface area contributed by atoms with Crippen molar-refractivity contribution in [3.63, 3.8) is 0 Å². The van der Waals surface area contributed by atoms with Crippen molar-refractivity contribution in [1.29, 1.82) is 0 Å². The maximum Gasteiger partial charge on any atom is 0.356 e. The molecular weight excluding hydrogens is 316 g/mol. The number of aryl methyl sites for hydroxylation is 3. The highest BCUT2D eigenvalue weighted by Gasteiger charge is 2.28. The average molecular weight is 342 g/mol. The summed E-state index contributed by atoms with van der Waals surface area (Å²) < 4.78 is 1.89. The van der Waals surface area contributed by atoms with Gasteiger partial charge in [-0.1, -0.05) is 6.92 Å². The third-order valence-corrected chi connectivity index (χ3v) is 4.72. The van der Waals surface area contributed by atoms with Gasteiger partial charge in [0.2, 0.25) is 0 Å². The standard InChI is InChI=1S/C19H26N4O2/c1-4-7-23-17-6-5-15(10-16(17)18(22-23)19(24)25)20-11-14-8-12(2)21-13(3)9-14/h8-9,15,20H,4-7,10-11H2,1-3H3,(H,24,25). The van der Waals surface area contributed by atoms with Crippen molar-refractivity contribution in [2.45, 2.75) is 65.6 Å². The van der Waals surface area contributed by atoms with Crippen LogP contribution < -0.4 is 5.32 Å². The van der Waals surface area contributed by atoms with Crippen LogP contribution in [0.1, 0.15) is 58.5 Å². The van der Waals surface area contributed by atoms with Gasteiger partial charge in [-0.25, -0.2) is 4.79 Å². The van der Waals surface area contributed by atoms with Gasteiger partial charge in [0.1, 0.15) is 0 Å². The highest BCUT2D eigenvalue weighted by atomic mass is 16.4. The van der Waals surface area contributed by atoms with E-state index in [1.165, 1.54) is 5.56 Å². The lowest BCUT2D eigenvalue weighted by molar-refractivity contribution is 0.0688. The molecule has 1 aliphatic carbocycles. The smallest absolute Gasteiger partial charge is 0.356 e. The summed E-state index contributed by atoms with van der Waals surface area (Å²) in [5.74, 6) is -0.924. The van der Waals surface area contributed by atoms with Crippen LogP contribution in [0.4, 0.5) is 0 Å². The number of carboxylic acids is 1. The minimum atomic E-state index is -0.924. The Morgan fingerprint density at radius 2 is 2.08 bits per heavy atom. The van der Waals surface area contributed by atoms with Crippen LogP contribution in [-0.4, -0.2) is 31.9 Å². The molecule has 3 rings (SSSR count). The minimum absolute atomic E-state index is 0.227. The molecule has 2 N–H and O–H groups in total. The van der Waals surface area contributed by atoms with Gasteiger partial charge in [-0.15, -0.1) is 0 Å². The van der Waals surface area contributed by atoms with Gasteiger partial charge >= 0.3 is 5.97 Å². The summed E-state index contributed by atoms with van der Waals surface area (Å²) in [6, 6.07) is 4.46. The number of aromatic carboxylic acids is 1. The van der Waals surface area contributed by atoms with E-state index in [2.05, 4.69) is 34.5 Å². The van der Waals surface area contributed by atoms with Gasteiger partial charge in [0.15, 0.2) is 5.69 Å². The quantitative estimate of drug-likeness (QED) is 0.843. The van der Waals surface area contributed by atoms with Crippen LogP contribution in [0.2, 0.25) is 0 Å². The van der Waals surface area contributed by atoms with Crippen molar-refractivity contribution < 1.29 is 9.90 Å². The van der Waals surface area contributed by atoms with Gasteiger partial charge in [-0.2, -0.15) is 5.10 Å². The molecule has 0 saturated carbocycles. The summed E-state index contributed by atoms with van der Waals surface area (Å²) in [5, 5.41) is 17.4. The third kappa shape index (κ3) is 3.90. The second kappa shape index (κ2) is 7.35. The fourth-order valence-electron chi connectivity index (χ4n) is 3.72. The number of nitrogens with one attached hydrogen (secondary N) is 1. The molecular formula is C19H26N4O2. The molecule has 0 amide bonds.